The molecule has 0 radical (unpaired) electrons. The molecule has 0 saturated carbocycles. The minimum atomic E-state index is 0.646. The van der Waals surface area contributed by atoms with Gasteiger partial charge >= 0.3 is 0 Å². The number of nitrogens with one attached hydrogen (secondary N) is 2. The van der Waals surface area contributed by atoms with Crippen molar-refractivity contribution < 1.29 is 0 Å². The van der Waals surface area contributed by atoms with Gasteiger partial charge in [0.25, 0.3) is 0 Å². The van der Waals surface area contributed by atoms with Crippen molar-refractivity contribution in [2.24, 2.45) is 10.9 Å². The first-order valence-electron chi connectivity index (χ1n) is 9.49. The number of anilines is 1. The summed E-state index contributed by atoms with van der Waals surface area (Å²) in [4.78, 5) is 14.0. The Labute approximate surface area is 152 Å². The van der Waals surface area contributed by atoms with Crippen molar-refractivity contribution in [3.05, 3.63) is 23.9 Å². The van der Waals surface area contributed by atoms with Gasteiger partial charge < -0.3 is 20.4 Å². The molecule has 0 unspecified atom stereocenters. The zero-order valence-electron chi connectivity index (χ0n) is 16.3. The topological polar surface area (TPSA) is 55.8 Å². The third kappa shape index (κ3) is 6.90. The maximum atomic E-state index is 4.67. The fourth-order valence-electron chi connectivity index (χ4n) is 2.72. The lowest BCUT2D eigenvalue weighted by atomic mass is 10.1. The number of guanidine groups is 1. The average molecular weight is 347 g/mol. The van der Waals surface area contributed by atoms with Crippen LogP contribution in [0.15, 0.2) is 23.3 Å². The fourth-order valence-corrected chi connectivity index (χ4v) is 2.72. The molecule has 0 aliphatic carbocycles. The van der Waals surface area contributed by atoms with E-state index in [2.05, 4.69) is 70.4 Å². The summed E-state index contributed by atoms with van der Waals surface area (Å²) in [6, 6.07) is 4.26. The summed E-state index contributed by atoms with van der Waals surface area (Å²) in [7, 11) is 2.17. The van der Waals surface area contributed by atoms with E-state index in [1.54, 1.807) is 0 Å². The molecular weight excluding hydrogens is 312 g/mol. The molecule has 1 saturated heterocycles. The molecule has 0 bridgehead atoms. The monoisotopic (exact) mass is 346 g/mol. The zero-order valence-corrected chi connectivity index (χ0v) is 16.3. The second kappa shape index (κ2) is 10.2. The van der Waals surface area contributed by atoms with Crippen LogP contribution < -0.4 is 15.5 Å². The van der Waals surface area contributed by atoms with E-state index in [0.717, 1.165) is 63.0 Å². The van der Waals surface area contributed by atoms with E-state index >= 15 is 0 Å². The number of aromatic nitrogens is 1. The van der Waals surface area contributed by atoms with Crippen LogP contribution in [0.3, 0.4) is 0 Å². The van der Waals surface area contributed by atoms with Gasteiger partial charge in [0.05, 0.1) is 6.54 Å². The molecule has 1 aliphatic rings. The minimum Gasteiger partial charge on any atom is -0.357 e. The summed E-state index contributed by atoms with van der Waals surface area (Å²) in [6.45, 7) is 13.3. The maximum Gasteiger partial charge on any atom is 0.191 e. The quantitative estimate of drug-likeness (QED) is 0.584. The van der Waals surface area contributed by atoms with Gasteiger partial charge in [-0.2, -0.15) is 0 Å². The molecule has 6 heteroatoms. The second-order valence-electron chi connectivity index (χ2n) is 7.12. The molecule has 2 rings (SSSR count). The fraction of sp³-hybridized carbons (Fsp3) is 0.684. The molecule has 1 aliphatic heterocycles. The van der Waals surface area contributed by atoms with Gasteiger partial charge in [-0.15, -0.1) is 0 Å². The van der Waals surface area contributed by atoms with Crippen molar-refractivity contribution in [2.75, 3.05) is 51.2 Å². The summed E-state index contributed by atoms with van der Waals surface area (Å²) < 4.78 is 0. The molecule has 0 atom stereocenters. The van der Waals surface area contributed by atoms with Crippen LogP contribution in [-0.2, 0) is 6.54 Å². The van der Waals surface area contributed by atoms with Crippen LogP contribution in [0.25, 0.3) is 0 Å². The Morgan fingerprint density at radius 1 is 1.20 bits per heavy atom. The Hall–Kier alpha value is -1.82. The molecule has 1 aromatic rings. The lowest BCUT2D eigenvalue weighted by Gasteiger charge is -2.33. The molecular formula is C19H34N6. The van der Waals surface area contributed by atoms with E-state index in [0.29, 0.717) is 12.5 Å². The van der Waals surface area contributed by atoms with Crippen LogP contribution in [0.1, 0.15) is 32.8 Å². The van der Waals surface area contributed by atoms with E-state index < -0.39 is 0 Å². The van der Waals surface area contributed by atoms with Crippen LogP contribution in [0.2, 0.25) is 0 Å². The van der Waals surface area contributed by atoms with Crippen LogP contribution in [-0.4, -0.2) is 62.2 Å². The summed E-state index contributed by atoms with van der Waals surface area (Å²) in [5.41, 5.74) is 1.14. The first kappa shape index (κ1) is 19.5. The van der Waals surface area contributed by atoms with Crippen LogP contribution in [0, 0.1) is 5.92 Å². The summed E-state index contributed by atoms with van der Waals surface area (Å²) in [5, 5.41) is 6.69. The normalized spacial score (nSPS) is 16.4. The maximum absolute atomic E-state index is 4.67. The van der Waals surface area contributed by atoms with E-state index in [1.807, 2.05) is 6.20 Å². The molecule has 6 nitrogen and oxygen atoms in total. The Bertz CT molecular complexity index is 517. The van der Waals surface area contributed by atoms with Gasteiger partial charge in [0, 0.05) is 45.5 Å². The van der Waals surface area contributed by atoms with Gasteiger partial charge in [-0.3, -0.25) is 0 Å². The van der Waals surface area contributed by atoms with E-state index in [1.165, 1.54) is 0 Å². The third-order valence-corrected chi connectivity index (χ3v) is 4.41. The Morgan fingerprint density at radius 2 is 1.96 bits per heavy atom. The Balaban J connectivity index is 1.87. The molecule has 2 heterocycles. The Kier molecular flexibility index (Phi) is 7.98. The van der Waals surface area contributed by atoms with Gasteiger partial charge in [0.1, 0.15) is 5.82 Å². The average Bonchev–Trinajstić information content (AvgIpc) is 2.60. The number of hydrogen-bond donors (Lipinski definition) is 2. The predicted octanol–water partition coefficient (Wildman–Crippen LogP) is 1.93. The Morgan fingerprint density at radius 3 is 2.56 bits per heavy atom. The molecule has 140 valence electrons. The second-order valence-corrected chi connectivity index (χ2v) is 7.12. The van der Waals surface area contributed by atoms with Gasteiger partial charge in [0.2, 0.25) is 0 Å². The van der Waals surface area contributed by atoms with Gasteiger partial charge in [-0.25, -0.2) is 9.98 Å². The van der Waals surface area contributed by atoms with E-state index in [4.69, 9.17) is 0 Å². The van der Waals surface area contributed by atoms with E-state index in [-0.39, 0.29) is 0 Å². The van der Waals surface area contributed by atoms with Crippen molar-refractivity contribution in [3.8, 4) is 0 Å². The lowest BCUT2D eigenvalue weighted by Crippen LogP contribution is -2.44. The number of hydrogen-bond acceptors (Lipinski definition) is 4. The van der Waals surface area contributed by atoms with Crippen molar-refractivity contribution in [3.63, 3.8) is 0 Å². The predicted molar refractivity (Wildman–Crippen MR) is 106 cm³/mol. The highest BCUT2D eigenvalue weighted by atomic mass is 15.3. The molecule has 0 spiro atoms. The molecule has 25 heavy (non-hydrogen) atoms. The highest BCUT2D eigenvalue weighted by Gasteiger charge is 2.14. The number of nitrogens with zero attached hydrogens (tertiary/aromatic N) is 4. The van der Waals surface area contributed by atoms with Gasteiger partial charge in [-0.05, 0) is 37.9 Å². The largest absolute Gasteiger partial charge is 0.357 e. The standard InChI is InChI=1S/C19H34N6/c1-5-20-19(21-9-8-16(2)3)23-15-17-6-7-18(22-14-17)25-12-10-24(4)11-13-25/h6-7,14,16H,5,8-13,15H2,1-4H3,(H2,20,21,23). The van der Waals surface area contributed by atoms with Crippen molar-refractivity contribution >= 4 is 11.8 Å². The number of aliphatic imine (C=N–C) groups is 1. The molecule has 2 N–H and O–H groups in total. The summed E-state index contributed by atoms with van der Waals surface area (Å²) in [5.74, 6) is 2.65. The zero-order chi connectivity index (χ0) is 18.1. The van der Waals surface area contributed by atoms with Crippen LogP contribution >= 0.6 is 0 Å². The molecule has 0 aromatic carbocycles. The smallest absolute Gasteiger partial charge is 0.191 e. The highest BCUT2D eigenvalue weighted by Crippen LogP contribution is 2.14. The van der Waals surface area contributed by atoms with Crippen molar-refractivity contribution in [1.29, 1.82) is 0 Å². The van der Waals surface area contributed by atoms with Gasteiger partial charge in [-0.1, -0.05) is 19.9 Å². The summed E-state index contributed by atoms with van der Waals surface area (Å²) >= 11 is 0. The highest BCUT2D eigenvalue weighted by molar-refractivity contribution is 5.79. The molecule has 0 amide bonds. The van der Waals surface area contributed by atoms with Crippen molar-refractivity contribution in [2.45, 2.75) is 33.7 Å². The number of pyridine rings is 1. The first-order valence-corrected chi connectivity index (χ1v) is 9.49. The molecule has 1 fully saturated rings. The lowest BCUT2D eigenvalue weighted by molar-refractivity contribution is 0.312. The SMILES string of the molecule is CCNC(=NCc1ccc(N2CCN(C)CC2)nc1)NCCC(C)C. The first-order chi connectivity index (χ1) is 12.1. The summed E-state index contributed by atoms with van der Waals surface area (Å²) in [6.07, 6.45) is 3.10. The third-order valence-electron chi connectivity index (χ3n) is 4.41. The number of likely N-dealkylation sites (N-methyl/N-ethyl adjacent to an activating group) is 1. The number of rotatable bonds is 7. The van der Waals surface area contributed by atoms with E-state index in [9.17, 15) is 0 Å². The molecule has 1 aromatic heterocycles. The van der Waals surface area contributed by atoms with Crippen LogP contribution in [0.5, 0.6) is 0 Å². The van der Waals surface area contributed by atoms with Gasteiger partial charge in [0.15, 0.2) is 5.96 Å². The number of piperazine rings is 1. The van der Waals surface area contributed by atoms with Crippen LogP contribution in [0.4, 0.5) is 5.82 Å². The van der Waals surface area contributed by atoms with Crippen molar-refractivity contribution in [1.82, 2.24) is 20.5 Å². The minimum absolute atomic E-state index is 0.646.